The summed E-state index contributed by atoms with van der Waals surface area (Å²) in [7, 11) is -4.23. The zero-order valence-electron chi connectivity index (χ0n) is 16.9. The largest absolute Gasteiger partial charge is 0.379 e. The van der Waals surface area contributed by atoms with E-state index < -0.39 is 10.1 Å². The third-order valence-electron chi connectivity index (χ3n) is 5.15. The Morgan fingerprint density at radius 1 is 1.06 bits per heavy atom. The normalized spacial score (nSPS) is 15.3. The van der Waals surface area contributed by atoms with Crippen LogP contribution in [0.2, 0.25) is 10.0 Å². The lowest BCUT2D eigenvalue weighted by Crippen LogP contribution is -2.37. The third kappa shape index (κ3) is 5.46. The molecule has 4 rings (SSSR count). The van der Waals surface area contributed by atoms with Crippen LogP contribution in [0.1, 0.15) is 38.5 Å². The number of urea groups is 1. The highest BCUT2D eigenvalue weighted by Crippen LogP contribution is 2.34. The van der Waals surface area contributed by atoms with Gasteiger partial charge in [-0.3, -0.25) is 5.32 Å². The molecule has 1 aromatic heterocycles. The highest BCUT2D eigenvalue weighted by Gasteiger charge is 2.24. The Labute approximate surface area is 200 Å². The molecule has 1 aliphatic carbocycles. The number of rotatable bonds is 5. The molecular weight excluding hydrogens is 493 g/mol. The quantitative estimate of drug-likeness (QED) is 0.312. The molecular formula is C21H21Cl2N3O4S2. The number of nitrogens with one attached hydrogen (secondary N) is 2. The van der Waals surface area contributed by atoms with Gasteiger partial charge in [-0.25, -0.2) is 9.78 Å². The summed E-state index contributed by atoms with van der Waals surface area (Å²) in [6.07, 6.45) is 6.63. The number of amides is 2. The van der Waals surface area contributed by atoms with Crippen LogP contribution in [-0.2, 0) is 10.1 Å². The maximum Gasteiger partial charge on any atom is 0.342 e. The number of hydrogen-bond donors (Lipinski definition) is 2. The van der Waals surface area contributed by atoms with Gasteiger partial charge in [-0.1, -0.05) is 66.3 Å². The molecule has 32 heavy (non-hydrogen) atoms. The first-order valence-corrected chi connectivity index (χ1v) is 13.2. The number of aromatic nitrogens is 1. The summed E-state index contributed by atoms with van der Waals surface area (Å²) in [5.74, 6) is 0.0894. The van der Waals surface area contributed by atoms with Gasteiger partial charge in [0.2, 0.25) is 0 Å². The lowest BCUT2D eigenvalue weighted by Gasteiger charge is -2.15. The topological polar surface area (TPSA) is 97.4 Å². The highest BCUT2D eigenvalue weighted by molar-refractivity contribution is 7.87. The minimum absolute atomic E-state index is 0.0254. The van der Waals surface area contributed by atoms with Gasteiger partial charge in [0.25, 0.3) is 0 Å². The standard InChI is InChI=1S/C21H21Cl2N3O4S2/c22-15-8-5-9-16(23)19(15)32(28,29)30-14-10-11-17-18(12-14)31-21(25-17)26-20(27)24-13-6-3-1-2-4-7-13/h5,8-13H,1-4,6-7H2,(H2,24,25,26,27). The molecule has 0 bridgehead atoms. The average molecular weight is 514 g/mol. The number of benzene rings is 2. The molecule has 2 N–H and O–H groups in total. The number of hydrogen-bond acceptors (Lipinski definition) is 6. The molecule has 1 fully saturated rings. The van der Waals surface area contributed by atoms with Crippen molar-refractivity contribution >= 4 is 66.0 Å². The van der Waals surface area contributed by atoms with E-state index in [2.05, 4.69) is 15.6 Å². The Balaban J connectivity index is 1.47. The predicted octanol–water partition coefficient (Wildman–Crippen LogP) is 6.22. The summed E-state index contributed by atoms with van der Waals surface area (Å²) in [4.78, 5) is 16.5. The van der Waals surface area contributed by atoms with Crippen LogP contribution in [0.4, 0.5) is 9.93 Å². The Morgan fingerprint density at radius 3 is 2.44 bits per heavy atom. The van der Waals surface area contributed by atoms with E-state index in [1.54, 1.807) is 18.2 Å². The molecule has 0 atom stereocenters. The summed E-state index contributed by atoms with van der Waals surface area (Å²) in [5.41, 5.74) is 0.611. The average Bonchev–Trinajstić information content (AvgIpc) is 2.92. The summed E-state index contributed by atoms with van der Waals surface area (Å²) in [6, 6.07) is 8.94. The van der Waals surface area contributed by atoms with E-state index in [9.17, 15) is 13.2 Å². The number of carbonyl (C=O) groups is 1. The van der Waals surface area contributed by atoms with E-state index in [4.69, 9.17) is 27.4 Å². The zero-order valence-corrected chi connectivity index (χ0v) is 20.1. The Morgan fingerprint density at radius 2 is 1.75 bits per heavy atom. The van der Waals surface area contributed by atoms with E-state index in [0.29, 0.717) is 15.3 Å². The predicted molar refractivity (Wildman–Crippen MR) is 128 cm³/mol. The maximum atomic E-state index is 12.7. The van der Waals surface area contributed by atoms with Crippen LogP contribution in [0.15, 0.2) is 41.3 Å². The molecule has 1 heterocycles. The number of anilines is 1. The smallest absolute Gasteiger partial charge is 0.342 e. The summed E-state index contributed by atoms with van der Waals surface area (Å²) < 4.78 is 31.3. The first kappa shape index (κ1) is 23.1. The van der Waals surface area contributed by atoms with Gasteiger partial charge in [0, 0.05) is 12.1 Å². The van der Waals surface area contributed by atoms with Gasteiger partial charge >= 0.3 is 16.1 Å². The number of thiazole rings is 1. The van der Waals surface area contributed by atoms with Crippen molar-refractivity contribution in [1.82, 2.24) is 10.3 Å². The number of nitrogens with zero attached hydrogens (tertiary/aromatic N) is 1. The second-order valence-corrected chi connectivity index (χ2v) is 10.9. The number of fused-ring (bicyclic) bond motifs is 1. The minimum Gasteiger partial charge on any atom is -0.379 e. The van der Waals surface area contributed by atoms with Crippen molar-refractivity contribution in [2.75, 3.05) is 5.32 Å². The molecule has 11 heteroatoms. The first-order valence-electron chi connectivity index (χ1n) is 10.2. The zero-order chi connectivity index (χ0) is 22.7. The molecule has 2 amide bonds. The molecule has 0 unspecified atom stereocenters. The molecule has 0 aliphatic heterocycles. The van der Waals surface area contributed by atoms with Crippen LogP contribution in [0.5, 0.6) is 5.75 Å². The SMILES string of the molecule is O=C(Nc1nc2ccc(OS(=O)(=O)c3c(Cl)cccc3Cl)cc2s1)NC1CCCCCC1. The fraction of sp³-hybridized carbons (Fsp3) is 0.333. The van der Waals surface area contributed by atoms with Crippen molar-refractivity contribution in [1.29, 1.82) is 0 Å². The van der Waals surface area contributed by atoms with Crippen LogP contribution in [0.25, 0.3) is 10.2 Å². The fourth-order valence-corrected chi connectivity index (χ4v) is 6.55. The molecule has 0 saturated heterocycles. The molecule has 2 aromatic carbocycles. The van der Waals surface area contributed by atoms with E-state index >= 15 is 0 Å². The molecule has 170 valence electrons. The van der Waals surface area contributed by atoms with Crippen molar-refractivity contribution in [2.24, 2.45) is 0 Å². The Bertz CT molecular complexity index is 1220. The monoisotopic (exact) mass is 513 g/mol. The minimum atomic E-state index is -4.23. The molecule has 0 spiro atoms. The van der Waals surface area contributed by atoms with Crippen LogP contribution in [0, 0.1) is 0 Å². The van der Waals surface area contributed by atoms with E-state index in [1.165, 1.54) is 42.4 Å². The number of halogens is 2. The van der Waals surface area contributed by atoms with E-state index in [1.807, 2.05) is 0 Å². The van der Waals surface area contributed by atoms with E-state index in [-0.39, 0.29) is 32.8 Å². The summed E-state index contributed by atoms with van der Waals surface area (Å²) >= 11 is 13.2. The molecule has 3 aromatic rings. The van der Waals surface area contributed by atoms with Crippen molar-refractivity contribution in [2.45, 2.75) is 49.5 Å². The molecule has 1 saturated carbocycles. The van der Waals surface area contributed by atoms with Gasteiger partial charge in [-0.15, -0.1) is 0 Å². The van der Waals surface area contributed by atoms with Crippen molar-refractivity contribution < 1.29 is 17.4 Å². The van der Waals surface area contributed by atoms with Crippen molar-refractivity contribution in [3.63, 3.8) is 0 Å². The van der Waals surface area contributed by atoms with Gasteiger partial charge < -0.3 is 9.50 Å². The van der Waals surface area contributed by atoms with Crippen LogP contribution in [0.3, 0.4) is 0 Å². The molecule has 7 nitrogen and oxygen atoms in total. The van der Waals surface area contributed by atoms with E-state index in [0.717, 1.165) is 25.7 Å². The van der Waals surface area contributed by atoms with Gasteiger partial charge in [-0.2, -0.15) is 8.42 Å². The van der Waals surface area contributed by atoms with Crippen molar-refractivity contribution in [3.05, 3.63) is 46.4 Å². The Kier molecular flexibility index (Phi) is 7.09. The fourth-order valence-electron chi connectivity index (χ4n) is 3.64. The van der Waals surface area contributed by atoms with Crippen LogP contribution >= 0.6 is 34.5 Å². The lowest BCUT2D eigenvalue weighted by molar-refractivity contribution is 0.247. The van der Waals surface area contributed by atoms with Gasteiger partial charge in [0.15, 0.2) is 5.13 Å². The van der Waals surface area contributed by atoms with Crippen LogP contribution in [-0.4, -0.2) is 25.5 Å². The molecule has 1 aliphatic rings. The van der Waals surface area contributed by atoms with Crippen LogP contribution < -0.4 is 14.8 Å². The van der Waals surface area contributed by atoms with Gasteiger partial charge in [0.1, 0.15) is 10.6 Å². The first-order chi connectivity index (χ1) is 15.3. The Hall–Kier alpha value is -2.07. The third-order valence-corrected chi connectivity index (χ3v) is 8.28. The summed E-state index contributed by atoms with van der Waals surface area (Å²) in [6.45, 7) is 0. The number of carbonyl (C=O) groups excluding carboxylic acids is 1. The summed E-state index contributed by atoms with van der Waals surface area (Å²) in [5, 5.41) is 6.15. The second-order valence-electron chi connectivity index (χ2n) is 7.52. The van der Waals surface area contributed by atoms with Crippen molar-refractivity contribution in [3.8, 4) is 5.75 Å². The lowest BCUT2D eigenvalue weighted by atomic mass is 10.1. The van der Waals surface area contributed by atoms with Gasteiger partial charge in [-0.05, 0) is 37.1 Å². The second kappa shape index (κ2) is 9.82. The maximum absolute atomic E-state index is 12.7. The highest BCUT2D eigenvalue weighted by atomic mass is 35.5. The molecule has 0 radical (unpaired) electrons. The van der Waals surface area contributed by atoms with Gasteiger partial charge in [0.05, 0.1) is 20.3 Å².